The highest BCUT2D eigenvalue weighted by molar-refractivity contribution is 6.30. The van der Waals surface area contributed by atoms with Gasteiger partial charge in [0.2, 0.25) is 0 Å². The van der Waals surface area contributed by atoms with Crippen LogP contribution in [0.15, 0.2) is 66.7 Å². The summed E-state index contributed by atoms with van der Waals surface area (Å²) in [5, 5.41) is 14.7. The van der Waals surface area contributed by atoms with Crippen LogP contribution in [0.2, 0.25) is 5.15 Å². The van der Waals surface area contributed by atoms with Crippen LogP contribution in [-0.2, 0) is 17.6 Å². The van der Waals surface area contributed by atoms with E-state index in [1.165, 1.54) is 6.42 Å². The highest BCUT2D eigenvalue weighted by Crippen LogP contribution is 2.31. The summed E-state index contributed by atoms with van der Waals surface area (Å²) in [5.41, 5.74) is 2.68. The van der Waals surface area contributed by atoms with Crippen LogP contribution < -0.4 is 10.2 Å². The second-order valence-electron chi connectivity index (χ2n) is 10.1. The monoisotopic (exact) mass is 542 g/mol. The number of fused-ring (bicyclic) bond motifs is 1. The lowest BCUT2D eigenvalue weighted by molar-refractivity contribution is -0.136. The first-order valence-corrected chi connectivity index (χ1v) is 13.6. The Morgan fingerprint density at radius 2 is 1.69 bits per heavy atom. The zero-order valence-electron chi connectivity index (χ0n) is 21.9. The molecule has 0 bridgehead atoms. The molecule has 8 heteroatoms. The lowest BCUT2D eigenvalue weighted by Gasteiger charge is -2.33. The predicted molar refractivity (Wildman–Crippen MR) is 155 cm³/mol. The first-order chi connectivity index (χ1) is 18.9. The summed E-state index contributed by atoms with van der Waals surface area (Å²) in [5.74, 6) is -0.0146. The third-order valence-electron chi connectivity index (χ3n) is 7.35. The minimum Gasteiger partial charge on any atom is -0.481 e. The molecule has 1 saturated carbocycles. The van der Waals surface area contributed by atoms with E-state index in [-0.39, 0.29) is 17.5 Å². The van der Waals surface area contributed by atoms with Crippen molar-refractivity contribution in [2.75, 3.05) is 17.3 Å². The van der Waals surface area contributed by atoms with Crippen LogP contribution in [0.4, 0.5) is 11.5 Å². The Hall–Kier alpha value is -3.97. The standard InChI is InChI=1S/C31H31ClN4O3/c1-36(25-9-3-2-4-10-25)30-26(19-28(37)38)29(32)34-27(35-30)17-20-11-15-24(16-12-20)33-31(39)23-14-13-21-7-5-6-8-22(21)18-23/h5-8,11-16,18,25H,2-4,9-10,17,19H2,1H3,(H,33,39)(H,37,38). The summed E-state index contributed by atoms with van der Waals surface area (Å²) in [4.78, 5) is 35.7. The van der Waals surface area contributed by atoms with Crippen molar-refractivity contribution in [1.29, 1.82) is 0 Å². The molecular weight excluding hydrogens is 512 g/mol. The maximum Gasteiger partial charge on any atom is 0.308 e. The number of carboxylic acids is 1. The lowest BCUT2D eigenvalue weighted by atomic mass is 9.94. The fraction of sp³-hybridized carbons (Fsp3) is 0.290. The third-order valence-corrected chi connectivity index (χ3v) is 7.66. The number of carbonyl (C=O) groups excluding carboxylic acids is 1. The Balaban J connectivity index is 1.32. The van der Waals surface area contributed by atoms with E-state index in [1.807, 2.05) is 73.8 Å². The van der Waals surface area contributed by atoms with Gasteiger partial charge in [-0.2, -0.15) is 0 Å². The number of aromatic nitrogens is 2. The van der Waals surface area contributed by atoms with Crippen LogP contribution in [0.1, 0.15) is 59.4 Å². The molecule has 0 spiro atoms. The van der Waals surface area contributed by atoms with Gasteiger partial charge in [0.15, 0.2) is 0 Å². The molecule has 1 aliphatic carbocycles. The van der Waals surface area contributed by atoms with Gasteiger partial charge < -0.3 is 15.3 Å². The largest absolute Gasteiger partial charge is 0.481 e. The average molecular weight is 543 g/mol. The smallest absolute Gasteiger partial charge is 0.308 e. The van der Waals surface area contributed by atoms with Crippen molar-refractivity contribution >= 4 is 45.8 Å². The van der Waals surface area contributed by atoms with Gasteiger partial charge in [-0.3, -0.25) is 9.59 Å². The second-order valence-corrected chi connectivity index (χ2v) is 10.5. The molecule has 0 radical (unpaired) electrons. The fourth-order valence-corrected chi connectivity index (χ4v) is 5.47. The molecule has 39 heavy (non-hydrogen) atoms. The topological polar surface area (TPSA) is 95.4 Å². The van der Waals surface area contributed by atoms with E-state index in [9.17, 15) is 14.7 Å². The molecule has 5 rings (SSSR count). The number of aliphatic carboxylic acids is 1. The van der Waals surface area contributed by atoms with Gasteiger partial charge in [0.25, 0.3) is 5.91 Å². The van der Waals surface area contributed by atoms with Crippen LogP contribution in [0.25, 0.3) is 10.8 Å². The quantitative estimate of drug-likeness (QED) is 0.246. The Morgan fingerprint density at radius 3 is 2.41 bits per heavy atom. The molecule has 0 saturated heterocycles. The van der Waals surface area contributed by atoms with E-state index in [0.29, 0.717) is 40.9 Å². The zero-order valence-corrected chi connectivity index (χ0v) is 22.6. The normalized spacial score (nSPS) is 13.8. The lowest BCUT2D eigenvalue weighted by Crippen LogP contribution is -2.35. The number of nitrogens with one attached hydrogen (secondary N) is 1. The van der Waals surface area contributed by atoms with Gasteiger partial charge in [-0.25, -0.2) is 9.97 Å². The number of nitrogens with zero attached hydrogens (tertiary/aromatic N) is 3. The summed E-state index contributed by atoms with van der Waals surface area (Å²) in [6.07, 6.45) is 5.82. The molecule has 3 aromatic carbocycles. The zero-order chi connectivity index (χ0) is 27.4. The van der Waals surface area contributed by atoms with Gasteiger partial charge in [0.1, 0.15) is 16.8 Å². The summed E-state index contributed by atoms with van der Waals surface area (Å²) in [6, 6.07) is 21.4. The number of carbonyl (C=O) groups is 2. The van der Waals surface area contributed by atoms with Crippen molar-refractivity contribution in [3.63, 3.8) is 0 Å². The summed E-state index contributed by atoms with van der Waals surface area (Å²) in [7, 11) is 1.97. The average Bonchev–Trinajstić information content (AvgIpc) is 2.95. The Morgan fingerprint density at radius 1 is 0.974 bits per heavy atom. The van der Waals surface area contributed by atoms with E-state index in [2.05, 4.69) is 15.2 Å². The van der Waals surface area contributed by atoms with Gasteiger partial charge in [0.05, 0.1) is 6.42 Å². The molecule has 1 heterocycles. The molecule has 1 aromatic heterocycles. The Bertz CT molecular complexity index is 1500. The first-order valence-electron chi connectivity index (χ1n) is 13.3. The van der Waals surface area contributed by atoms with Gasteiger partial charge in [-0.1, -0.05) is 73.3 Å². The number of amides is 1. The maximum absolute atomic E-state index is 12.8. The number of carboxylic acid groups (broad SMARTS) is 1. The van der Waals surface area contributed by atoms with Crippen molar-refractivity contribution in [2.45, 2.75) is 51.0 Å². The van der Waals surface area contributed by atoms with Gasteiger partial charge in [0, 0.05) is 36.3 Å². The van der Waals surface area contributed by atoms with Gasteiger partial charge in [-0.05, 0) is 53.4 Å². The van der Waals surface area contributed by atoms with Crippen molar-refractivity contribution < 1.29 is 14.7 Å². The number of halogens is 1. The highest BCUT2D eigenvalue weighted by Gasteiger charge is 2.25. The number of benzene rings is 3. The van der Waals surface area contributed by atoms with Crippen molar-refractivity contribution in [1.82, 2.24) is 9.97 Å². The van der Waals surface area contributed by atoms with E-state index in [4.69, 9.17) is 16.6 Å². The van der Waals surface area contributed by atoms with Crippen LogP contribution in [0.5, 0.6) is 0 Å². The SMILES string of the molecule is CN(c1nc(Cc2ccc(NC(=O)c3ccc4ccccc4c3)cc2)nc(Cl)c1CC(=O)O)C1CCCCC1. The minimum absolute atomic E-state index is 0.173. The Labute approximate surface area is 232 Å². The number of hydrogen-bond acceptors (Lipinski definition) is 5. The molecule has 0 unspecified atom stereocenters. The molecule has 1 amide bonds. The first kappa shape index (κ1) is 26.6. The second kappa shape index (κ2) is 11.8. The molecular formula is C31H31ClN4O3. The van der Waals surface area contributed by atoms with Crippen molar-refractivity contribution in [3.8, 4) is 0 Å². The molecule has 0 aliphatic heterocycles. The minimum atomic E-state index is -0.965. The molecule has 4 aromatic rings. The van der Waals surface area contributed by atoms with E-state index in [0.717, 1.165) is 42.0 Å². The van der Waals surface area contributed by atoms with E-state index < -0.39 is 5.97 Å². The molecule has 1 fully saturated rings. The fourth-order valence-electron chi connectivity index (χ4n) is 5.23. The van der Waals surface area contributed by atoms with Crippen molar-refractivity contribution in [3.05, 3.63) is 94.4 Å². The number of rotatable bonds is 8. The number of anilines is 2. The van der Waals surface area contributed by atoms with Crippen LogP contribution in [0, 0.1) is 0 Å². The molecule has 1 aliphatic rings. The molecule has 7 nitrogen and oxygen atoms in total. The molecule has 2 N–H and O–H groups in total. The van der Waals surface area contributed by atoms with Crippen LogP contribution in [0.3, 0.4) is 0 Å². The summed E-state index contributed by atoms with van der Waals surface area (Å²) >= 11 is 6.52. The number of hydrogen-bond donors (Lipinski definition) is 2. The van der Waals surface area contributed by atoms with E-state index in [1.54, 1.807) is 0 Å². The van der Waals surface area contributed by atoms with Crippen LogP contribution >= 0.6 is 11.6 Å². The maximum atomic E-state index is 12.8. The Kier molecular flexibility index (Phi) is 8.07. The predicted octanol–water partition coefficient (Wildman–Crippen LogP) is 6.52. The highest BCUT2D eigenvalue weighted by atomic mass is 35.5. The molecule has 0 atom stereocenters. The van der Waals surface area contributed by atoms with E-state index >= 15 is 0 Å². The third kappa shape index (κ3) is 6.37. The van der Waals surface area contributed by atoms with Crippen LogP contribution in [-0.4, -0.2) is 40.0 Å². The summed E-state index contributed by atoms with van der Waals surface area (Å²) in [6.45, 7) is 0. The van der Waals surface area contributed by atoms with Crippen molar-refractivity contribution in [2.24, 2.45) is 0 Å². The summed E-state index contributed by atoms with van der Waals surface area (Å²) < 4.78 is 0. The molecule has 200 valence electrons. The van der Waals surface area contributed by atoms with Gasteiger partial charge in [-0.15, -0.1) is 0 Å². The van der Waals surface area contributed by atoms with Gasteiger partial charge >= 0.3 is 5.97 Å².